The van der Waals surface area contributed by atoms with E-state index in [-0.39, 0.29) is 5.91 Å². The van der Waals surface area contributed by atoms with Gasteiger partial charge in [0.2, 0.25) is 11.0 Å². The summed E-state index contributed by atoms with van der Waals surface area (Å²) in [5, 5.41) is 24.0. The number of carbonyl (C=O) groups is 1. The van der Waals surface area contributed by atoms with Gasteiger partial charge in [-0.05, 0) is 42.5 Å². The zero-order chi connectivity index (χ0) is 20.6. The van der Waals surface area contributed by atoms with E-state index >= 15 is 0 Å². The third kappa shape index (κ3) is 6.09. The van der Waals surface area contributed by atoms with Crippen molar-refractivity contribution in [2.24, 2.45) is 0 Å². The van der Waals surface area contributed by atoms with Gasteiger partial charge in [0.1, 0.15) is 11.8 Å². The molecule has 0 atom stereocenters. The standard InChI is InChI=1S/C19H16ClN5O2S2/c1-27-15-6-4-13(5-7-15)23-18-24-25-19(29-18)28-9-8-17(26)22-14-3-2-12(11-21)16(20)10-14/h2-7,10H,8-9H2,1H3,(H,22,26)(H,23,24). The Morgan fingerprint density at radius 2 is 2.00 bits per heavy atom. The molecule has 0 aliphatic rings. The second-order valence-corrected chi connectivity index (χ2v) is 8.41. The van der Waals surface area contributed by atoms with Crippen LogP contribution < -0.4 is 15.4 Å². The molecule has 3 rings (SSSR count). The van der Waals surface area contributed by atoms with Crippen molar-refractivity contribution in [3.63, 3.8) is 0 Å². The van der Waals surface area contributed by atoms with Crippen LogP contribution in [0.15, 0.2) is 46.8 Å². The molecule has 3 aromatic rings. The zero-order valence-corrected chi connectivity index (χ0v) is 17.7. The van der Waals surface area contributed by atoms with Crippen molar-refractivity contribution in [3.8, 4) is 11.8 Å². The van der Waals surface area contributed by atoms with Crippen LogP contribution in [0.1, 0.15) is 12.0 Å². The minimum atomic E-state index is -0.139. The third-order valence-corrected chi connectivity index (χ3v) is 5.96. The van der Waals surface area contributed by atoms with Crippen LogP contribution in [-0.4, -0.2) is 29.0 Å². The Morgan fingerprint density at radius 1 is 1.24 bits per heavy atom. The third-order valence-electron chi connectivity index (χ3n) is 3.68. The van der Waals surface area contributed by atoms with E-state index in [1.165, 1.54) is 23.1 Å². The summed E-state index contributed by atoms with van der Waals surface area (Å²) in [5.41, 5.74) is 1.82. The first-order valence-corrected chi connectivity index (χ1v) is 10.6. The van der Waals surface area contributed by atoms with Gasteiger partial charge >= 0.3 is 0 Å². The number of amides is 1. The van der Waals surface area contributed by atoms with Gasteiger partial charge in [0.15, 0.2) is 4.34 Å². The number of thioether (sulfide) groups is 1. The first-order chi connectivity index (χ1) is 14.1. The number of rotatable bonds is 8. The molecule has 1 heterocycles. The van der Waals surface area contributed by atoms with Crippen LogP contribution in [0.5, 0.6) is 5.75 Å². The van der Waals surface area contributed by atoms with E-state index in [1.807, 2.05) is 30.3 Å². The highest BCUT2D eigenvalue weighted by Crippen LogP contribution is 2.28. The lowest BCUT2D eigenvalue weighted by Gasteiger charge is -2.05. The monoisotopic (exact) mass is 445 g/mol. The van der Waals surface area contributed by atoms with E-state index in [0.717, 1.165) is 15.8 Å². The molecule has 29 heavy (non-hydrogen) atoms. The van der Waals surface area contributed by atoms with Crippen LogP contribution >= 0.6 is 34.7 Å². The molecule has 0 radical (unpaired) electrons. The predicted octanol–water partition coefficient (Wildman–Crippen LogP) is 4.94. The Balaban J connectivity index is 1.45. The fourth-order valence-electron chi connectivity index (χ4n) is 2.25. The summed E-state index contributed by atoms with van der Waals surface area (Å²) in [7, 11) is 1.62. The number of hydrogen-bond donors (Lipinski definition) is 2. The Kier molecular flexibility index (Phi) is 7.30. The maximum absolute atomic E-state index is 12.1. The average molecular weight is 446 g/mol. The number of hydrogen-bond acceptors (Lipinski definition) is 8. The molecule has 0 aliphatic carbocycles. The van der Waals surface area contributed by atoms with E-state index in [9.17, 15) is 4.79 Å². The minimum absolute atomic E-state index is 0.139. The number of halogens is 1. The van der Waals surface area contributed by atoms with Crippen molar-refractivity contribution in [3.05, 3.63) is 53.1 Å². The highest BCUT2D eigenvalue weighted by Gasteiger charge is 2.09. The Bertz CT molecular complexity index is 1030. The molecule has 7 nitrogen and oxygen atoms in total. The second kappa shape index (κ2) is 10.1. The van der Waals surface area contributed by atoms with Crippen molar-refractivity contribution in [1.82, 2.24) is 10.2 Å². The quantitative estimate of drug-likeness (QED) is 0.474. The lowest BCUT2D eigenvalue weighted by atomic mass is 10.2. The van der Waals surface area contributed by atoms with Crippen molar-refractivity contribution in [2.75, 3.05) is 23.5 Å². The summed E-state index contributed by atoms with van der Waals surface area (Å²) in [6.07, 6.45) is 0.309. The molecule has 1 aromatic heterocycles. The summed E-state index contributed by atoms with van der Waals surface area (Å²) in [4.78, 5) is 12.1. The Hall–Kier alpha value is -2.80. The normalized spacial score (nSPS) is 10.2. The second-order valence-electron chi connectivity index (χ2n) is 5.68. The molecule has 0 unspecified atom stereocenters. The van der Waals surface area contributed by atoms with Crippen LogP contribution in [0.3, 0.4) is 0 Å². The number of ether oxygens (including phenoxy) is 1. The van der Waals surface area contributed by atoms with Gasteiger partial charge in [-0.25, -0.2) is 0 Å². The SMILES string of the molecule is COc1ccc(Nc2nnc(SCCC(=O)Nc3ccc(C#N)c(Cl)c3)s2)cc1. The summed E-state index contributed by atoms with van der Waals surface area (Å²) < 4.78 is 5.91. The molecule has 0 aliphatic heterocycles. The summed E-state index contributed by atoms with van der Waals surface area (Å²) in [6, 6.07) is 14.3. The smallest absolute Gasteiger partial charge is 0.225 e. The first-order valence-electron chi connectivity index (χ1n) is 8.44. The van der Waals surface area contributed by atoms with E-state index in [1.54, 1.807) is 25.3 Å². The highest BCUT2D eigenvalue weighted by atomic mass is 35.5. The maximum atomic E-state index is 12.1. The molecule has 10 heteroatoms. The lowest BCUT2D eigenvalue weighted by Crippen LogP contribution is -2.12. The van der Waals surface area contributed by atoms with Crippen LogP contribution in [0.4, 0.5) is 16.5 Å². The summed E-state index contributed by atoms with van der Waals surface area (Å²) >= 11 is 8.85. The largest absolute Gasteiger partial charge is 0.497 e. The van der Waals surface area contributed by atoms with Gasteiger partial charge in [-0.15, -0.1) is 10.2 Å². The molecular weight excluding hydrogens is 430 g/mol. The molecule has 148 valence electrons. The van der Waals surface area contributed by atoms with E-state index in [2.05, 4.69) is 20.8 Å². The maximum Gasteiger partial charge on any atom is 0.225 e. The van der Waals surface area contributed by atoms with Gasteiger partial charge in [0.25, 0.3) is 0 Å². The molecule has 2 N–H and O–H groups in total. The zero-order valence-electron chi connectivity index (χ0n) is 15.3. The van der Waals surface area contributed by atoms with Gasteiger partial charge in [0, 0.05) is 23.5 Å². The molecule has 2 aromatic carbocycles. The fraction of sp³-hybridized carbons (Fsp3) is 0.158. The molecule has 0 saturated carbocycles. The number of anilines is 3. The molecular formula is C19H16ClN5O2S2. The predicted molar refractivity (Wildman–Crippen MR) is 116 cm³/mol. The number of carbonyl (C=O) groups excluding carboxylic acids is 1. The molecule has 0 spiro atoms. The van der Waals surface area contributed by atoms with Crippen LogP contribution in [0, 0.1) is 11.3 Å². The van der Waals surface area contributed by atoms with Crippen LogP contribution in [-0.2, 0) is 4.79 Å². The number of methoxy groups -OCH3 is 1. The highest BCUT2D eigenvalue weighted by molar-refractivity contribution is 8.01. The molecule has 0 bridgehead atoms. The number of nitrogens with one attached hydrogen (secondary N) is 2. The first kappa shape index (κ1) is 20.9. The average Bonchev–Trinajstić information content (AvgIpc) is 3.16. The van der Waals surface area contributed by atoms with E-state index in [4.69, 9.17) is 21.6 Å². The Morgan fingerprint density at radius 3 is 2.69 bits per heavy atom. The number of nitrogens with zero attached hydrogens (tertiary/aromatic N) is 3. The lowest BCUT2D eigenvalue weighted by molar-refractivity contribution is -0.115. The van der Waals surface area contributed by atoms with Crippen molar-refractivity contribution >= 4 is 57.1 Å². The number of nitriles is 1. The molecule has 1 amide bonds. The molecule has 0 saturated heterocycles. The Labute approximate surface area is 181 Å². The topological polar surface area (TPSA) is 99.9 Å². The van der Waals surface area contributed by atoms with Crippen LogP contribution in [0.25, 0.3) is 0 Å². The summed E-state index contributed by atoms with van der Waals surface area (Å²) in [6.45, 7) is 0. The molecule has 0 fully saturated rings. The van der Waals surface area contributed by atoms with Gasteiger partial charge < -0.3 is 15.4 Å². The van der Waals surface area contributed by atoms with Crippen molar-refractivity contribution in [2.45, 2.75) is 10.8 Å². The fourth-order valence-corrected chi connectivity index (χ4v) is 4.26. The van der Waals surface area contributed by atoms with Crippen LogP contribution in [0.2, 0.25) is 5.02 Å². The van der Waals surface area contributed by atoms with Gasteiger partial charge in [-0.1, -0.05) is 34.7 Å². The number of aromatic nitrogens is 2. The van der Waals surface area contributed by atoms with E-state index < -0.39 is 0 Å². The van der Waals surface area contributed by atoms with Crippen molar-refractivity contribution in [1.29, 1.82) is 5.26 Å². The number of benzene rings is 2. The van der Waals surface area contributed by atoms with Gasteiger partial charge in [-0.2, -0.15) is 5.26 Å². The van der Waals surface area contributed by atoms with Crippen molar-refractivity contribution < 1.29 is 9.53 Å². The van der Waals surface area contributed by atoms with Gasteiger partial charge in [-0.3, -0.25) is 4.79 Å². The minimum Gasteiger partial charge on any atom is -0.497 e. The van der Waals surface area contributed by atoms with Gasteiger partial charge in [0.05, 0.1) is 17.7 Å². The summed E-state index contributed by atoms with van der Waals surface area (Å²) in [5.74, 6) is 1.21. The van der Waals surface area contributed by atoms with E-state index in [0.29, 0.717) is 33.6 Å².